The van der Waals surface area contributed by atoms with E-state index < -0.39 is 5.60 Å². The first-order valence-corrected chi connectivity index (χ1v) is 7.13. The van der Waals surface area contributed by atoms with Crippen LogP contribution in [0.15, 0.2) is 10.6 Å². The molecule has 2 rings (SSSR count). The number of aromatic nitrogens is 2. The highest BCUT2D eigenvalue weighted by molar-refractivity contribution is 7.16. The maximum atomic E-state index is 5.95. The Labute approximate surface area is 116 Å². The summed E-state index contributed by atoms with van der Waals surface area (Å²) in [6.45, 7) is 6.09. The topological polar surface area (TPSA) is 74.2 Å². The first kappa shape index (κ1) is 14.0. The summed E-state index contributed by atoms with van der Waals surface area (Å²) in [6, 6.07) is 1.96. The molecule has 0 aliphatic heterocycles. The highest BCUT2D eigenvalue weighted by Crippen LogP contribution is 2.35. The van der Waals surface area contributed by atoms with Crippen LogP contribution in [0.3, 0.4) is 0 Å². The van der Waals surface area contributed by atoms with Gasteiger partial charge in [0.15, 0.2) is 0 Å². The maximum absolute atomic E-state index is 5.95. The second-order valence-electron chi connectivity index (χ2n) is 4.46. The molecule has 0 aromatic carbocycles. The summed E-state index contributed by atoms with van der Waals surface area (Å²) >= 11 is 1.52. The molecule has 0 saturated heterocycles. The molecule has 5 nitrogen and oxygen atoms in total. The van der Waals surface area contributed by atoms with Crippen LogP contribution in [0.25, 0.3) is 11.5 Å². The van der Waals surface area contributed by atoms with E-state index in [9.17, 15) is 0 Å². The smallest absolute Gasteiger partial charge is 0.261 e. The van der Waals surface area contributed by atoms with Gasteiger partial charge in [-0.3, -0.25) is 0 Å². The average Bonchev–Trinajstić information content (AvgIpc) is 2.99. The Morgan fingerprint density at radius 2 is 2.11 bits per heavy atom. The molecule has 0 aliphatic rings. The van der Waals surface area contributed by atoms with Crippen LogP contribution in [0.4, 0.5) is 5.00 Å². The standard InChI is InChI=1S/C13H19N3O2S/c1-5-13(6-2,17-4)12-15-11(18-16-12)9-7-8(3)19-10(9)14/h7H,5-6,14H2,1-4H3. The number of rotatable bonds is 5. The molecule has 2 aromatic rings. The van der Waals surface area contributed by atoms with Crippen molar-refractivity contribution >= 4 is 16.3 Å². The van der Waals surface area contributed by atoms with Gasteiger partial charge < -0.3 is 15.0 Å². The molecular weight excluding hydrogens is 262 g/mol. The molecule has 6 heteroatoms. The van der Waals surface area contributed by atoms with E-state index in [1.54, 1.807) is 7.11 Å². The van der Waals surface area contributed by atoms with Crippen molar-refractivity contribution in [3.05, 3.63) is 16.8 Å². The first-order chi connectivity index (χ1) is 9.06. The Kier molecular flexibility index (Phi) is 3.91. The minimum Gasteiger partial charge on any atom is -0.390 e. The molecule has 0 radical (unpaired) electrons. The van der Waals surface area contributed by atoms with Gasteiger partial charge in [-0.15, -0.1) is 11.3 Å². The van der Waals surface area contributed by atoms with Crippen molar-refractivity contribution in [2.45, 2.75) is 39.2 Å². The predicted octanol–water partition coefficient (Wildman–Crippen LogP) is 3.35. The summed E-state index contributed by atoms with van der Waals surface area (Å²) in [5, 5.41) is 4.76. The van der Waals surface area contributed by atoms with Crippen molar-refractivity contribution in [2.24, 2.45) is 0 Å². The number of hydrogen-bond donors (Lipinski definition) is 1. The zero-order valence-corrected chi connectivity index (χ0v) is 12.5. The van der Waals surface area contributed by atoms with Gasteiger partial charge in [-0.1, -0.05) is 19.0 Å². The molecule has 0 unspecified atom stereocenters. The van der Waals surface area contributed by atoms with Crippen LogP contribution in [-0.4, -0.2) is 17.3 Å². The Morgan fingerprint density at radius 3 is 2.58 bits per heavy atom. The van der Waals surface area contributed by atoms with E-state index in [-0.39, 0.29) is 0 Å². The van der Waals surface area contributed by atoms with Crippen molar-refractivity contribution in [2.75, 3.05) is 12.8 Å². The van der Waals surface area contributed by atoms with Gasteiger partial charge in [-0.2, -0.15) is 4.98 Å². The van der Waals surface area contributed by atoms with Crippen LogP contribution in [-0.2, 0) is 10.3 Å². The van der Waals surface area contributed by atoms with Crippen molar-refractivity contribution < 1.29 is 9.26 Å². The second-order valence-corrected chi connectivity index (χ2v) is 5.75. The molecule has 0 atom stereocenters. The molecule has 0 aliphatic carbocycles. The van der Waals surface area contributed by atoms with Crippen molar-refractivity contribution in [1.29, 1.82) is 0 Å². The Morgan fingerprint density at radius 1 is 1.42 bits per heavy atom. The average molecular weight is 281 g/mol. The number of nitrogens with two attached hydrogens (primary N) is 1. The number of nitrogens with zero attached hydrogens (tertiary/aromatic N) is 2. The molecule has 0 bridgehead atoms. The van der Waals surface area contributed by atoms with Gasteiger partial charge in [-0.25, -0.2) is 0 Å². The summed E-state index contributed by atoms with van der Waals surface area (Å²) in [5.41, 5.74) is 6.27. The van der Waals surface area contributed by atoms with Crippen LogP contribution in [0.1, 0.15) is 37.4 Å². The quantitative estimate of drug-likeness (QED) is 0.909. The van der Waals surface area contributed by atoms with Gasteiger partial charge >= 0.3 is 0 Å². The van der Waals surface area contributed by atoms with Gasteiger partial charge in [0.25, 0.3) is 5.89 Å². The highest BCUT2D eigenvalue weighted by atomic mass is 32.1. The third-order valence-electron chi connectivity index (χ3n) is 3.48. The number of anilines is 1. The molecule has 2 aromatic heterocycles. The SMILES string of the molecule is CCC(CC)(OC)c1noc(-c2cc(C)sc2N)n1. The molecule has 2 N–H and O–H groups in total. The summed E-state index contributed by atoms with van der Waals surface area (Å²) < 4.78 is 10.9. The van der Waals surface area contributed by atoms with Gasteiger partial charge in [0.2, 0.25) is 5.82 Å². The summed E-state index contributed by atoms with van der Waals surface area (Å²) in [7, 11) is 1.67. The number of nitrogen functional groups attached to an aromatic ring is 1. The van der Waals surface area contributed by atoms with E-state index in [1.807, 2.05) is 26.8 Å². The lowest BCUT2D eigenvalue weighted by Gasteiger charge is -2.25. The van der Waals surface area contributed by atoms with Crippen LogP contribution in [0, 0.1) is 6.92 Å². The predicted molar refractivity (Wildman–Crippen MR) is 76.0 cm³/mol. The molecule has 0 spiro atoms. The van der Waals surface area contributed by atoms with Crippen LogP contribution >= 0.6 is 11.3 Å². The van der Waals surface area contributed by atoms with Crippen molar-refractivity contribution in [3.8, 4) is 11.5 Å². The largest absolute Gasteiger partial charge is 0.390 e. The molecule has 2 heterocycles. The zero-order valence-electron chi connectivity index (χ0n) is 11.7. The van der Waals surface area contributed by atoms with Gasteiger partial charge in [-0.05, 0) is 25.8 Å². The summed E-state index contributed by atoms with van der Waals surface area (Å²) in [5.74, 6) is 1.04. The van der Waals surface area contributed by atoms with Gasteiger partial charge in [0, 0.05) is 12.0 Å². The Balaban J connectivity index is 2.41. The van der Waals surface area contributed by atoms with Crippen LogP contribution in [0.5, 0.6) is 0 Å². The van der Waals surface area contributed by atoms with Gasteiger partial charge in [0.1, 0.15) is 5.60 Å². The number of thiophene rings is 1. The molecule has 104 valence electrons. The zero-order chi connectivity index (χ0) is 14.0. The van der Waals surface area contributed by atoms with E-state index in [0.29, 0.717) is 16.7 Å². The van der Waals surface area contributed by atoms with Crippen molar-refractivity contribution in [1.82, 2.24) is 10.1 Å². The van der Waals surface area contributed by atoms with E-state index in [1.165, 1.54) is 11.3 Å². The van der Waals surface area contributed by atoms with Crippen LogP contribution in [0.2, 0.25) is 0 Å². The van der Waals surface area contributed by atoms with E-state index >= 15 is 0 Å². The van der Waals surface area contributed by atoms with Crippen molar-refractivity contribution in [3.63, 3.8) is 0 Å². The lowest BCUT2D eigenvalue weighted by molar-refractivity contribution is -0.0306. The maximum Gasteiger partial charge on any atom is 0.261 e. The fraction of sp³-hybridized carbons (Fsp3) is 0.538. The normalized spacial score (nSPS) is 12.0. The Bertz CT molecular complexity index is 550. The summed E-state index contributed by atoms with van der Waals surface area (Å²) in [6.07, 6.45) is 1.58. The first-order valence-electron chi connectivity index (χ1n) is 6.32. The third-order valence-corrected chi connectivity index (χ3v) is 4.36. The number of methoxy groups -OCH3 is 1. The lowest BCUT2D eigenvalue weighted by Crippen LogP contribution is -2.28. The molecule has 0 amide bonds. The van der Waals surface area contributed by atoms with E-state index in [2.05, 4.69) is 10.1 Å². The fourth-order valence-corrected chi connectivity index (χ4v) is 2.94. The molecular formula is C13H19N3O2S. The second kappa shape index (κ2) is 5.30. The number of aryl methyl sites for hydroxylation is 1. The number of hydrogen-bond acceptors (Lipinski definition) is 6. The minimum absolute atomic E-state index is 0.458. The molecule has 0 saturated carbocycles. The minimum atomic E-state index is -0.485. The lowest BCUT2D eigenvalue weighted by atomic mass is 9.96. The third kappa shape index (κ3) is 2.37. The number of ether oxygens (including phenoxy) is 1. The monoisotopic (exact) mass is 281 g/mol. The highest BCUT2D eigenvalue weighted by Gasteiger charge is 2.34. The van der Waals surface area contributed by atoms with Gasteiger partial charge in [0.05, 0.1) is 10.6 Å². The van der Waals surface area contributed by atoms with E-state index in [4.69, 9.17) is 15.0 Å². The summed E-state index contributed by atoms with van der Waals surface area (Å²) in [4.78, 5) is 5.59. The van der Waals surface area contributed by atoms with Crippen LogP contribution < -0.4 is 5.73 Å². The molecule has 19 heavy (non-hydrogen) atoms. The Hall–Kier alpha value is -1.40. The van der Waals surface area contributed by atoms with E-state index in [0.717, 1.165) is 23.3 Å². The fourth-order valence-electron chi connectivity index (χ4n) is 2.16. The molecule has 0 fully saturated rings.